The first-order valence-corrected chi connectivity index (χ1v) is 6.25. The molecule has 1 aliphatic heterocycles. The third-order valence-electron chi connectivity index (χ3n) is 2.79. The van der Waals surface area contributed by atoms with Crippen LogP contribution < -0.4 is 5.73 Å². The first-order valence-electron chi connectivity index (χ1n) is 5.46. The highest BCUT2D eigenvalue weighted by Gasteiger charge is 2.24. The van der Waals surface area contributed by atoms with E-state index >= 15 is 0 Å². The molecule has 7 heteroatoms. The third kappa shape index (κ3) is 2.61. The number of anilines is 1. The maximum atomic E-state index is 12.2. The maximum Gasteiger partial charge on any atom is 0.247 e. The first-order chi connectivity index (χ1) is 8.09. The molecule has 1 aliphatic rings. The number of nitrogens with zero attached hydrogens (tertiary/aromatic N) is 3. The summed E-state index contributed by atoms with van der Waals surface area (Å²) in [6, 6.07) is -0.346. The van der Waals surface area contributed by atoms with Crippen LogP contribution >= 0.6 is 15.9 Å². The zero-order valence-electron chi connectivity index (χ0n) is 9.60. The molecule has 2 N–H and O–H groups in total. The number of rotatable bonds is 2. The Kier molecular flexibility index (Phi) is 3.68. The second-order valence-electron chi connectivity index (χ2n) is 3.96. The lowest BCUT2D eigenvalue weighted by Gasteiger charge is -2.29. The summed E-state index contributed by atoms with van der Waals surface area (Å²) in [4.78, 5) is 14.0. The highest BCUT2D eigenvalue weighted by atomic mass is 79.9. The highest BCUT2D eigenvalue weighted by molar-refractivity contribution is 9.10. The predicted molar refractivity (Wildman–Crippen MR) is 66.4 cm³/mol. The second-order valence-corrected chi connectivity index (χ2v) is 4.81. The van der Waals surface area contributed by atoms with Gasteiger partial charge in [0.2, 0.25) is 5.91 Å². The number of morpholine rings is 1. The van der Waals surface area contributed by atoms with Crippen molar-refractivity contribution in [2.45, 2.75) is 13.0 Å². The first kappa shape index (κ1) is 12.4. The minimum absolute atomic E-state index is 0.0447. The van der Waals surface area contributed by atoms with Gasteiger partial charge in [0.15, 0.2) is 5.82 Å². The van der Waals surface area contributed by atoms with E-state index in [-0.39, 0.29) is 11.9 Å². The van der Waals surface area contributed by atoms with Crippen molar-refractivity contribution in [3.63, 3.8) is 0 Å². The fourth-order valence-corrected chi connectivity index (χ4v) is 2.03. The Morgan fingerprint density at radius 1 is 1.59 bits per heavy atom. The van der Waals surface area contributed by atoms with Crippen LogP contribution in [0.4, 0.5) is 5.82 Å². The van der Waals surface area contributed by atoms with Crippen molar-refractivity contribution >= 4 is 27.7 Å². The number of aromatic nitrogens is 2. The van der Waals surface area contributed by atoms with Gasteiger partial charge in [-0.25, -0.2) is 0 Å². The largest absolute Gasteiger partial charge is 0.381 e. The maximum absolute atomic E-state index is 12.2. The van der Waals surface area contributed by atoms with E-state index in [1.165, 1.54) is 0 Å². The zero-order chi connectivity index (χ0) is 12.4. The number of carbonyl (C=O) groups excluding carboxylic acids is 1. The van der Waals surface area contributed by atoms with Crippen molar-refractivity contribution < 1.29 is 9.53 Å². The van der Waals surface area contributed by atoms with Crippen molar-refractivity contribution in [3.8, 4) is 0 Å². The van der Waals surface area contributed by atoms with Gasteiger partial charge in [0.05, 0.1) is 17.7 Å². The van der Waals surface area contributed by atoms with Gasteiger partial charge in [0.25, 0.3) is 0 Å². The number of carbonyl (C=O) groups is 1. The molecule has 0 saturated carbocycles. The fourth-order valence-electron chi connectivity index (χ4n) is 1.74. The molecule has 0 aromatic carbocycles. The average molecular weight is 303 g/mol. The normalized spacial score (nSPS) is 18.1. The molecule has 94 valence electrons. The summed E-state index contributed by atoms with van der Waals surface area (Å²) in [5.74, 6) is 0.440. The molecule has 1 aromatic rings. The third-order valence-corrected chi connectivity index (χ3v) is 3.40. The Labute approximate surface area is 108 Å². The van der Waals surface area contributed by atoms with E-state index in [0.29, 0.717) is 36.6 Å². The number of nitrogen functional groups attached to an aromatic ring is 1. The van der Waals surface area contributed by atoms with Crippen LogP contribution in [0.2, 0.25) is 0 Å². The molecule has 1 saturated heterocycles. The molecule has 1 fully saturated rings. The van der Waals surface area contributed by atoms with Gasteiger partial charge in [0, 0.05) is 19.3 Å². The Balaban J connectivity index is 2.08. The predicted octanol–water partition coefficient (Wildman–Crippen LogP) is 0.648. The van der Waals surface area contributed by atoms with Gasteiger partial charge in [-0.1, -0.05) is 0 Å². The van der Waals surface area contributed by atoms with Crippen molar-refractivity contribution in [1.82, 2.24) is 14.7 Å². The Bertz CT molecular complexity index is 395. The van der Waals surface area contributed by atoms with Gasteiger partial charge in [-0.3, -0.25) is 9.48 Å². The van der Waals surface area contributed by atoms with Crippen molar-refractivity contribution in [1.29, 1.82) is 0 Å². The SMILES string of the molecule is CC(C(=O)N1CCOCC1)n1cc(Br)c(N)n1. The van der Waals surface area contributed by atoms with Crippen LogP contribution in [-0.2, 0) is 9.53 Å². The Hall–Kier alpha value is -1.08. The number of nitrogens with two attached hydrogens (primary N) is 1. The van der Waals surface area contributed by atoms with Gasteiger partial charge in [-0.2, -0.15) is 5.10 Å². The molecule has 17 heavy (non-hydrogen) atoms. The van der Waals surface area contributed by atoms with Crippen LogP contribution in [0.1, 0.15) is 13.0 Å². The minimum Gasteiger partial charge on any atom is -0.381 e. The highest BCUT2D eigenvalue weighted by Crippen LogP contribution is 2.20. The van der Waals surface area contributed by atoms with Gasteiger partial charge < -0.3 is 15.4 Å². The summed E-state index contributed by atoms with van der Waals surface area (Å²) in [5, 5.41) is 4.09. The average Bonchev–Trinajstić information content (AvgIpc) is 2.69. The zero-order valence-corrected chi connectivity index (χ0v) is 11.2. The molecule has 6 nitrogen and oxygen atoms in total. The second kappa shape index (κ2) is 5.05. The standard InChI is InChI=1S/C10H15BrN4O2/c1-7(15-6-8(11)9(12)13-15)10(16)14-2-4-17-5-3-14/h6-7H,2-5H2,1H3,(H2,12,13). The van der Waals surface area contributed by atoms with E-state index < -0.39 is 0 Å². The summed E-state index contributed by atoms with van der Waals surface area (Å²) in [7, 11) is 0. The summed E-state index contributed by atoms with van der Waals surface area (Å²) in [6.45, 7) is 4.30. The molecular formula is C10H15BrN4O2. The molecule has 0 spiro atoms. The van der Waals surface area contributed by atoms with Crippen LogP contribution in [0.3, 0.4) is 0 Å². The Morgan fingerprint density at radius 2 is 2.24 bits per heavy atom. The molecule has 1 atom stereocenters. The van der Waals surface area contributed by atoms with E-state index in [2.05, 4.69) is 21.0 Å². The van der Waals surface area contributed by atoms with Crippen LogP contribution in [0.5, 0.6) is 0 Å². The lowest BCUT2D eigenvalue weighted by Crippen LogP contribution is -2.43. The molecule has 2 heterocycles. The lowest BCUT2D eigenvalue weighted by atomic mass is 10.2. The summed E-state index contributed by atoms with van der Waals surface area (Å²) in [5.41, 5.74) is 5.63. The quantitative estimate of drug-likeness (QED) is 0.870. The monoisotopic (exact) mass is 302 g/mol. The fraction of sp³-hybridized carbons (Fsp3) is 0.600. The minimum atomic E-state index is -0.346. The molecule has 0 radical (unpaired) electrons. The Morgan fingerprint density at radius 3 is 2.76 bits per heavy atom. The molecule has 0 bridgehead atoms. The van der Waals surface area contributed by atoms with Crippen LogP contribution in [0, 0.1) is 0 Å². The van der Waals surface area contributed by atoms with Gasteiger partial charge in [-0.05, 0) is 22.9 Å². The summed E-state index contributed by atoms with van der Waals surface area (Å²) >= 11 is 3.28. The lowest BCUT2D eigenvalue weighted by molar-refractivity contribution is -0.138. The number of hydrogen-bond acceptors (Lipinski definition) is 4. The number of amides is 1. The van der Waals surface area contributed by atoms with Crippen LogP contribution in [-0.4, -0.2) is 46.9 Å². The number of hydrogen-bond donors (Lipinski definition) is 1. The van der Waals surface area contributed by atoms with Crippen molar-refractivity contribution in [2.75, 3.05) is 32.0 Å². The van der Waals surface area contributed by atoms with Gasteiger partial charge >= 0.3 is 0 Å². The van der Waals surface area contributed by atoms with E-state index in [1.54, 1.807) is 15.8 Å². The molecule has 1 amide bonds. The topological polar surface area (TPSA) is 73.4 Å². The van der Waals surface area contributed by atoms with Crippen molar-refractivity contribution in [2.24, 2.45) is 0 Å². The van der Waals surface area contributed by atoms with Crippen LogP contribution in [0.25, 0.3) is 0 Å². The molecular weight excluding hydrogens is 288 g/mol. The van der Waals surface area contributed by atoms with E-state index in [4.69, 9.17) is 10.5 Å². The molecule has 1 unspecified atom stereocenters. The molecule has 0 aliphatic carbocycles. The van der Waals surface area contributed by atoms with Crippen LogP contribution in [0.15, 0.2) is 10.7 Å². The molecule has 1 aromatic heterocycles. The van der Waals surface area contributed by atoms with Gasteiger partial charge in [0.1, 0.15) is 6.04 Å². The molecule has 2 rings (SSSR count). The van der Waals surface area contributed by atoms with Gasteiger partial charge in [-0.15, -0.1) is 0 Å². The number of halogens is 1. The van der Waals surface area contributed by atoms with E-state index in [1.807, 2.05) is 6.92 Å². The van der Waals surface area contributed by atoms with E-state index in [9.17, 15) is 4.79 Å². The summed E-state index contributed by atoms with van der Waals surface area (Å²) < 4.78 is 7.50. The smallest absolute Gasteiger partial charge is 0.247 e. The van der Waals surface area contributed by atoms with Crippen molar-refractivity contribution in [3.05, 3.63) is 10.7 Å². The summed E-state index contributed by atoms with van der Waals surface area (Å²) in [6.07, 6.45) is 1.72. The van der Waals surface area contributed by atoms with E-state index in [0.717, 1.165) is 0 Å². The number of ether oxygens (including phenoxy) is 1.